The van der Waals surface area contributed by atoms with Crippen molar-refractivity contribution in [2.75, 3.05) is 53.3 Å². The molecule has 0 radical (unpaired) electrons. The summed E-state index contributed by atoms with van der Waals surface area (Å²) in [4.78, 5) is 0. The van der Waals surface area contributed by atoms with E-state index in [2.05, 4.69) is 12.2 Å². The Bertz CT molecular complexity index is 169. The van der Waals surface area contributed by atoms with E-state index in [1.807, 2.05) is 6.92 Å². The van der Waals surface area contributed by atoms with Crippen LogP contribution in [0.4, 0.5) is 0 Å². The molecule has 0 fully saturated rings. The Morgan fingerprint density at radius 2 is 1.76 bits per heavy atom. The van der Waals surface area contributed by atoms with Crippen LogP contribution in [0, 0.1) is 0 Å². The third-order valence-electron chi connectivity index (χ3n) is 2.38. The van der Waals surface area contributed by atoms with Crippen LogP contribution in [0.2, 0.25) is 0 Å². The van der Waals surface area contributed by atoms with Gasteiger partial charge in [-0.1, -0.05) is 6.92 Å². The zero-order chi connectivity index (χ0) is 13.0. The topological polar surface area (TPSA) is 60.0 Å². The molecular weight excluding hydrogens is 222 g/mol. The molecule has 0 saturated carbocycles. The first-order chi connectivity index (χ1) is 8.18. The summed E-state index contributed by atoms with van der Waals surface area (Å²) in [7, 11) is 1.64. The van der Waals surface area contributed by atoms with Crippen LogP contribution in [0.15, 0.2) is 0 Å². The first kappa shape index (κ1) is 16.8. The lowest BCUT2D eigenvalue weighted by atomic mass is 10.1. The maximum absolute atomic E-state index is 9.29. The summed E-state index contributed by atoms with van der Waals surface area (Å²) in [6.45, 7) is 7.76. The average Bonchev–Trinajstić information content (AvgIpc) is 2.35. The second-order valence-electron chi connectivity index (χ2n) is 4.30. The molecule has 5 heteroatoms. The van der Waals surface area contributed by atoms with Crippen molar-refractivity contribution in [3.63, 3.8) is 0 Å². The fraction of sp³-hybridized carbons (Fsp3) is 1.00. The normalized spacial score (nSPS) is 14.8. The maximum Gasteiger partial charge on any atom is 0.0701 e. The van der Waals surface area contributed by atoms with Gasteiger partial charge in [0, 0.05) is 7.11 Å². The molecule has 0 saturated heterocycles. The second-order valence-corrected chi connectivity index (χ2v) is 4.30. The number of ether oxygens (including phenoxy) is 3. The van der Waals surface area contributed by atoms with Crippen molar-refractivity contribution >= 4 is 0 Å². The van der Waals surface area contributed by atoms with Gasteiger partial charge >= 0.3 is 0 Å². The summed E-state index contributed by atoms with van der Waals surface area (Å²) < 4.78 is 15.6. The minimum atomic E-state index is -0.359. The fourth-order valence-corrected chi connectivity index (χ4v) is 1.24. The predicted octanol–water partition coefficient (Wildman–Crippen LogP) is 0.417. The van der Waals surface area contributed by atoms with Crippen LogP contribution in [0.1, 0.15) is 20.3 Å². The SMILES string of the molecule is CCCNC(C)(CO)COCCOCCOC. The number of aliphatic hydroxyl groups excluding tert-OH is 1. The number of nitrogens with one attached hydrogen (secondary N) is 1. The van der Waals surface area contributed by atoms with E-state index in [-0.39, 0.29) is 12.1 Å². The molecule has 0 heterocycles. The molecule has 0 rings (SSSR count). The van der Waals surface area contributed by atoms with Crippen molar-refractivity contribution in [3.8, 4) is 0 Å². The summed E-state index contributed by atoms with van der Waals surface area (Å²) in [6.07, 6.45) is 1.04. The molecule has 0 spiro atoms. The Morgan fingerprint density at radius 1 is 1.12 bits per heavy atom. The Hall–Kier alpha value is -0.200. The molecule has 0 bridgehead atoms. The van der Waals surface area contributed by atoms with Crippen LogP contribution in [-0.4, -0.2) is 63.9 Å². The zero-order valence-electron chi connectivity index (χ0n) is 11.3. The first-order valence-electron chi connectivity index (χ1n) is 6.19. The molecule has 0 aromatic rings. The van der Waals surface area contributed by atoms with E-state index in [1.165, 1.54) is 0 Å². The molecule has 0 aromatic heterocycles. The van der Waals surface area contributed by atoms with Gasteiger partial charge in [-0.25, -0.2) is 0 Å². The van der Waals surface area contributed by atoms with E-state index in [1.54, 1.807) is 7.11 Å². The Morgan fingerprint density at radius 3 is 2.35 bits per heavy atom. The summed E-state index contributed by atoms with van der Waals surface area (Å²) in [5.74, 6) is 0. The van der Waals surface area contributed by atoms with Gasteiger partial charge in [0.05, 0.1) is 45.2 Å². The van der Waals surface area contributed by atoms with Crippen molar-refractivity contribution in [3.05, 3.63) is 0 Å². The quantitative estimate of drug-likeness (QED) is 0.491. The van der Waals surface area contributed by atoms with E-state index in [4.69, 9.17) is 14.2 Å². The van der Waals surface area contributed by atoms with Crippen LogP contribution in [0.5, 0.6) is 0 Å². The second kappa shape index (κ2) is 10.9. The highest BCUT2D eigenvalue weighted by Gasteiger charge is 2.22. The highest BCUT2D eigenvalue weighted by molar-refractivity contribution is 4.81. The molecule has 0 amide bonds. The predicted molar refractivity (Wildman–Crippen MR) is 67.3 cm³/mol. The van der Waals surface area contributed by atoms with Crippen LogP contribution in [0.3, 0.4) is 0 Å². The number of aliphatic hydroxyl groups is 1. The smallest absolute Gasteiger partial charge is 0.0701 e. The molecule has 104 valence electrons. The van der Waals surface area contributed by atoms with Gasteiger partial charge in [0.1, 0.15) is 0 Å². The molecule has 0 aromatic carbocycles. The highest BCUT2D eigenvalue weighted by Crippen LogP contribution is 2.03. The third kappa shape index (κ3) is 9.50. The van der Waals surface area contributed by atoms with Gasteiger partial charge < -0.3 is 24.6 Å². The number of methoxy groups -OCH3 is 1. The molecule has 17 heavy (non-hydrogen) atoms. The monoisotopic (exact) mass is 249 g/mol. The lowest BCUT2D eigenvalue weighted by molar-refractivity contribution is -0.00160. The Balaban J connectivity index is 3.48. The molecule has 0 aliphatic rings. The largest absolute Gasteiger partial charge is 0.394 e. The Kier molecular flexibility index (Phi) is 10.8. The summed E-state index contributed by atoms with van der Waals surface area (Å²) in [6, 6.07) is 0. The molecule has 5 nitrogen and oxygen atoms in total. The van der Waals surface area contributed by atoms with Gasteiger partial charge in [-0.2, -0.15) is 0 Å². The van der Waals surface area contributed by atoms with Gasteiger partial charge in [0.25, 0.3) is 0 Å². The van der Waals surface area contributed by atoms with Crippen LogP contribution >= 0.6 is 0 Å². The molecular formula is C12H27NO4. The van der Waals surface area contributed by atoms with E-state index in [0.29, 0.717) is 33.0 Å². The molecule has 1 atom stereocenters. The van der Waals surface area contributed by atoms with Crippen LogP contribution in [0.25, 0.3) is 0 Å². The lowest BCUT2D eigenvalue weighted by Crippen LogP contribution is -2.50. The van der Waals surface area contributed by atoms with Gasteiger partial charge in [-0.05, 0) is 19.9 Å². The van der Waals surface area contributed by atoms with E-state index < -0.39 is 0 Å². The number of rotatable bonds is 12. The molecule has 1 unspecified atom stereocenters. The summed E-state index contributed by atoms with van der Waals surface area (Å²) in [5, 5.41) is 12.6. The molecule has 2 N–H and O–H groups in total. The number of hydrogen-bond donors (Lipinski definition) is 2. The number of hydrogen-bond acceptors (Lipinski definition) is 5. The minimum Gasteiger partial charge on any atom is -0.394 e. The zero-order valence-corrected chi connectivity index (χ0v) is 11.3. The summed E-state index contributed by atoms with van der Waals surface area (Å²) in [5.41, 5.74) is -0.359. The highest BCUT2D eigenvalue weighted by atomic mass is 16.5. The summed E-state index contributed by atoms with van der Waals surface area (Å²) >= 11 is 0. The van der Waals surface area contributed by atoms with E-state index in [0.717, 1.165) is 13.0 Å². The third-order valence-corrected chi connectivity index (χ3v) is 2.38. The van der Waals surface area contributed by atoms with Crippen molar-refractivity contribution in [1.29, 1.82) is 0 Å². The van der Waals surface area contributed by atoms with Crippen molar-refractivity contribution < 1.29 is 19.3 Å². The van der Waals surface area contributed by atoms with E-state index >= 15 is 0 Å². The van der Waals surface area contributed by atoms with Crippen LogP contribution in [-0.2, 0) is 14.2 Å². The van der Waals surface area contributed by atoms with Crippen molar-refractivity contribution in [1.82, 2.24) is 5.32 Å². The fourth-order valence-electron chi connectivity index (χ4n) is 1.24. The van der Waals surface area contributed by atoms with Crippen molar-refractivity contribution in [2.24, 2.45) is 0 Å². The Labute approximate surface area is 104 Å². The minimum absolute atomic E-state index is 0.0670. The van der Waals surface area contributed by atoms with Crippen molar-refractivity contribution in [2.45, 2.75) is 25.8 Å². The van der Waals surface area contributed by atoms with E-state index in [9.17, 15) is 5.11 Å². The molecule has 0 aliphatic carbocycles. The first-order valence-corrected chi connectivity index (χ1v) is 6.19. The van der Waals surface area contributed by atoms with Gasteiger partial charge in [-0.15, -0.1) is 0 Å². The average molecular weight is 249 g/mol. The van der Waals surface area contributed by atoms with Gasteiger partial charge in [0.15, 0.2) is 0 Å². The van der Waals surface area contributed by atoms with Crippen LogP contribution < -0.4 is 5.32 Å². The van der Waals surface area contributed by atoms with Gasteiger partial charge in [0.2, 0.25) is 0 Å². The molecule has 0 aliphatic heterocycles. The maximum atomic E-state index is 9.29. The lowest BCUT2D eigenvalue weighted by Gasteiger charge is -2.28. The standard InChI is InChI=1S/C12H27NO4/c1-4-5-13-12(2,10-14)11-17-9-8-16-7-6-15-3/h13-14H,4-11H2,1-3H3. The van der Waals surface area contributed by atoms with Gasteiger partial charge in [-0.3, -0.25) is 0 Å².